The van der Waals surface area contributed by atoms with Gasteiger partial charge in [0, 0.05) is 0 Å². The maximum atomic E-state index is 5.88. The van der Waals surface area contributed by atoms with Crippen LogP contribution < -0.4 is 0 Å². The summed E-state index contributed by atoms with van der Waals surface area (Å²) in [6.45, 7) is 6.42. The monoisotopic (exact) mass is 317 g/mol. The van der Waals surface area contributed by atoms with Gasteiger partial charge in [-0.1, -0.05) is 42.5 Å². The summed E-state index contributed by atoms with van der Waals surface area (Å²) in [5.74, 6) is 0.552. The van der Waals surface area contributed by atoms with Gasteiger partial charge in [-0.3, -0.25) is 4.68 Å². The Morgan fingerprint density at radius 2 is 1.62 bits per heavy atom. The fourth-order valence-corrected chi connectivity index (χ4v) is 2.79. The van der Waals surface area contributed by atoms with Crippen LogP contribution in [-0.2, 0) is 5.54 Å². The van der Waals surface area contributed by atoms with Crippen LogP contribution in [0.5, 0.6) is 0 Å². The first kappa shape index (κ1) is 14.7. The second kappa shape index (κ2) is 5.34. The van der Waals surface area contributed by atoms with Crippen molar-refractivity contribution in [1.82, 2.24) is 14.8 Å². The predicted octanol–water partition coefficient (Wildman–Crippen LogP) is 5.11. The normalized spacial score (nSPS) is 12.0. The third-order valence-corrected chi connectivity index (χ3v) is 3.93. The van der Waals surface area contributed by atoms with E-state index in [0.29, 0.717) is 5.89 Å². The SMILES string of the molecule is CC(C)(C)n1nc(-c2nc3ccccc3o2)cc1-c1ccccc1. The summed E-state index contributed by atoms with van der Waals surface area (Å²) < 4.78 is 7.92. The van der Waals surface area contributed by atoms with Crippen LogP contribution in [-0.4, -0.2) is 14.8 Å². The Morgan fingerprint density at radius 1 is 0.917 bits per heavy atom. The number of fused-ring (bicyclic) bond motifs is 1. The zero-order chi connectivity index (χ0) is 16.7. The lowest BCUT2D eigenvalue weighted by Crippen LogP contribution is -2.24. The van der Waals surface area contributed by atoms with E-state index in [1.54, 1.807) is 0 Å². The molecule has 4 heteroatoms. The minimum atomic E-state index is -0.143. The Balaban J connectivity index is 1.89. The number of para-hydroxylation sites is 2. The average Bonchev–Trinajstić information content (AvgIpc) is 3.19. The number of benzene rings is 2. The number of nitrogens with zero attached hydrogens (tertiary/aromatic N) is 3. The van der Waals surface area contributed by atoms with Crippen LogP contribution in [0.2, 0.25) is 0 Å². The molecule has 0 radical (unpaired) electrons. The summed E-state index contributed by atoms with van der Waals surface area (Å²) in [4.78, 5) is 4.57. The van der Waals surface area contributed by atoms with Crippen LogP contribution >= 0.6 is 0 Å². The summed E-state index contributed by atoms with van der Waals surface area (Å²) in [6.07, 6.45) is 0. The molecule has 0 fully saturated rings. The van der Waals surface area contributed by atoms with Gasteiger partial charge < -0.3 is 4.42 Å². The number of aromatic nitrogens is 3. The van der Waals surface area contributed by atoms with Gasteiger partial charge in [0.05, 0.1) is 11.2 Å². The number of hydrogen-bond acceptors (Lipinski definition) is 3. The van der Waals surface area contributed by atoms with Crippen LogP contribution in [0.4, 0.5) is 0 Å². The average molecular weight is 317 g/mol. The number of oxazole rings is 1. The van der Waals surface area contributed by atoms with E-state index < -0.39 is 0 Å². The summed E-state index contributed by atoms with van der Waals surface area (Å²) >= 11 is 0. The third-order valence-electron chi connectivity index (χ3n) is 3.93. The minimum absolute atomic E-state index is 0.143. The fourth-order valence-electron chi connectivity index (χ4n) is 2.79. The highest BCUT2D eigenvalue weighted by atomic mass is 16.3. The Labute approximate surface area is 140 Å². The summed E-state index contributed by atoms with van der Waals surface area (Å²) in [7, 11) is 0. The Hall–Kier alpha value is -2.88. The molecule has 2 aromatic carbocycles. The van der Waals surface area contributed by atoms with Crippen molar-refractivity contribution >= 4 is 11.1 Å². The maximum absolute atomic E-state index is 5.88. The van der Waals surface area contributed by atoms with Crippen molar-refractivity contribution in [2.75, 3.05) is 0 Å². The molecule has 4 rings (SSSR count). The molecular weight excluding hydrogens is 298 g/mol. The van der Waals surface area contributed by atoms with Crippen LogP contribution in [0.3, 0.4) is 0 Å². The second-order valence-electron chi connectivity index (χ2n) is 6.85. The summed E-state index contributed by atoms with van der Waals surface area (Å²) in [6, 6.07) is 20.1. The van der Waals surface area contributed by atoms with Gasteiger partial charge in [0.1, 0.15) is 11.2 Å². The molecule has 2 aromatic heterocycles. The largest absolute Gasteiger partial charge is 0.435 e. The maximum Gasteiger partial charge on any atom is 0.248 e. The van der Waals surface area contributed by atoms with Crippen molar-refractivity contribution in [3.8, 4) is 22.8 Å². The van der Waals surface area contributed by atoms with Crippen molar-refractivity contribution in [1.29, 1.82) is 0 Å². The van der Waals surface area contributed by atoms with Crippen molar-refractivity contribution in [2.24, 2.45) is 0 Å². The van der Waals surface area contributed by atoms with Gasteiger partial charge in [-0.25, -0.2) is 4.98 Å². The van der Waals surface area contributed by atoms with Crippen LogP contribution in [0.25, 0.3) is 33.9 Å². The fraction of sp³-hybridized carbons (Fsp3) is 0.200. The van der Waals surface area contributed by atoms with Gasteiger partial charge in [-0.2, -0.15) is 5.10 Å². The smallest absolute Gasteiger partial charge is 0.248 e. The molecule has 0 saturated carbocycles. The first-order valence-electron chi connectivity index (χ1n) is 8.04. The molecule has 0 N–H and O–H groups in total. The van der Waals surface area contributed by atoms with E-state index in [1.165, 1.54) is 0 Å². The molecule has 0 saturated heterocycles. The van der Waals surface area contributed by atoms with E-state index in [1.807, 2.05) is 53.2 Å². The third kappa shape index (κ3) is 2.50. The predicted molar refractivity (Wildman–Crippen MR) is 95.7 cm³/mol. The highest BCUT2D eigenvalue weighted by Gasteiger charge is 2.22. The van der Waals surface area contributed by atoms with Gasteiger partial charge in [-0.15, -0.1) is 0 Å². The second-order valence-corrected chi connectivity index (χ2v) is 6.85. The van der Waals surface area contributed by atoms with Crippen molar-refractivity contribution < 1.29 is 4.42 Å². The summed E-state index contributed by atoms with van der Waals surface area (Å²) in [5, 5.41) is 4.78. The Morgan fingerprint density at radius 3 is 2.33 bits per heavy atom. The number of hydrogen-bond donors (Lipinski definition) is 0. The molecule has 0 spiro atoms. The molecule has 4 aromatic rings. The molecule has 2 heterocycles. The highest BCUT2D eigenvalue weighted by molar-refractivity contribution is 5.76. The molecule has 4 nitrogen and oxygen atoms in total. The van der Waals surface area contributed by atoms with Gasteiger partial charge >= 0.3 is 0 Å². The van der Waals surface area contributed by atoms with Crippen molar-refractivity contribution in [2.45, 2.75) is 26.3 Å². The lowest BCUT2D eigenvalue weighted by molar-refractivity contribution is 0.360. The van der Waals surface area contributed by atoms with Gasteiger partial charge in [0.15, 0.2) is 5.58 Å². The van der Waals surface area contributed by atoms with E-state index in [2.05, 4.69) is 37.9 Å². The number of rotatable bonds is 2. The lowest BCUT2D eigenvalue weighted by Gasteiger charge is -2.22. The Bertz CT molecular complexity index is 958. The minimum Gasteiger partial charge on any atom is -0.435 e. The molecule has 0 aliphatic carbocycles. The van der Waals surface area contributed by atoms with Crippen molar-refractivity contribution in [3.63, 3.8) is 0 Å². The van der Waals surface area contributed by atoms with E-state index in [9.17, 15) is 0 Å². The van der Waals surface area contributed by atoms with Crippen LogP contribution in [0.15, 0.2) is 65.1 Å². The van der Waals surface area contributed by atoms with Crippen LogP contribution in [0, 0.1) is 0 Å². The van der Waals surface area contributed by atoms with Gasteiger partial charge in [0.2, 0.25) is 5.89 Å². The van der Waals surface area contributed by atoms with Crippen molar-refractivity contribution in [3.05, 3.63) is 60.7 Å². The van der Waals surface area contributed by atoms with E-state index >= 15 is 0 Å². The van der Waals surface area contributed by atoms with E-state index in [0.717, 1.165) is 28.1 Å². The summed E-state index contributed by atoms with van der Waals surface area (Å²) in [5.41, 5.74) is 4.41. The topological polar surface area (TPSA) is 43.9 Å². The lowest BCUT2D eigenvalue weighted by atomic mass is 10.1. The molecule has 0 bridgehead atoms. The molecule has 0 aliphatic rings. The van der Waals surface area contributed by atoms with Crippen LogP contribution in [0.1, 0.15) is 20.8 Å². The molecule has 24 heavy (non-hydrogen) atoms. The zero-order valence-electron chi connectivity index (χ0n) is 14.0. The Kier molecular flexibility index (Phi) is 3.27. The van der Waals surface area contributed by atoms with E-state index in [4.69, 9.17) is 9.52 Å². The molecule has 0 unspecified atom stereocenters. The standard InChI is InChI=1S/C20H19N3O/c1-20(2,3)23-17(14-9-5-4-6-10-14)13-16(22-23)19-21-15-11-7-8-12-18(15)24-19/h4-13H,1-3H3. The zero-order valence-corrected chi connectivity index (χ0v) is 14.0. The highest BCUT2D eigenvalue weighted by Crippen LogP contribution is 2.31. The van der Waals surface area contributed by atoms with E-state index in [-0.39, 0.29) is 5.54 Å². The van der Waals surface area contributed by atoms with Gasteiger partial charge in [0.25, 0.3) is 0 Å². The van der Waals surface area contributed by atoms with Gasteiger partial charge in [-0.05, 0) is 44.5 Å². The molecular formula is C20H19N3O. The molecule has 120 valence electrons. The quantitative estimate of drug-likeness (QED) is 0.516. The molecule has 0 aliphatic heterocycles. The first-order chi connectivity index (χ1) is 11.5. The molecule has 0 atom stereocenters. The molecule has 0 amide bonds. The first-order valence-corrected chi connectivity index (χ1v) is 8.04.